The van der Waals surface area contributed by atoms with Gasteiger partial charge < -0.3 is 10.3 Å². The van der Waals surface area contributed by atoms with Gasteiger partial charge in [-0.25, -0.2) is 0 Å². The summed E-state index contributed by atoms with van der Waals surface area (Å²) in [5, 5.41) is 3.66. The van der Waals surface area contributed by atoms with Gasteiger partial charge in [-0.05, 0) is 18.6 Å². The molecular formula is C10H12N2OS. The summed E-state index contributed by atoms with van der Waals surface area (Å²) in [6, 6.07) is 4.15. The van der Waals surface area contributed by atoms with Crippen LogP contribution in [-0.4, -0.2) is 5.16 Å². The summed E-state index contributed by atoms with van der Waals surface area (Å²) in [4.78, 5) is 2.42. The Morgan fingerprint density at radius 1 is 1.50 bits per heavy atom. The molecule has 0 saturated heterocycles. The van der Waals surface area contributed by atoms with E-state index < -0.39 is 0 Å². The van der Waals surface area contributed by atoms with Crippen LogP contribution in [0.3, 0.4) is 0 Å². The highest BCUT2D eigenvalue weighted by molar-refractivity contribution is 7.15. The quantitative estimate of drug-likeness (QED) is 0.843. The Kier molecular flexibility index (Phi) is 2.54. The lowest BCUT2D eigenvalue weighted by atomic mass is 10.3. The second kappa shape index (κ2) is 3.84. The van der Waals surface area contributed by atoms with Crippen LogP contribution >= 0.6 is 11.3 Å². The molecule has 3 nitrogen and oxygen atoms in total. The van der Waals surface area contributed by atoms with Gasteiger partial charge >= 0.3 is 0 Å². The van der Waals surface area contributed by atoms with Crippen LogP contribution in [0.2, 0.25) is 0 Å². The van der Waals surface area contributed by atoms with E-state index in [1.165, 1.54) is 11.1 Å². The van der Waals surface area contributed by atoms with Crippen molar-refractivity contribution in [2.45, 2.75) is 19.8 Å². The maximum absolute atomic E-state index is 5.71. The van der Waals surface area contributed by atoms with Crippen molar-refractivity contribution in [2.24, 2.45) is 0 Å². The lowest BCUT2D eigenvalue weighted by molar-refractivity contribution is 0.433. The number of nitrogens with zero attached hydrogens (tertiary/aromatic N) is 1. The standard InChI is InChI=1S/C10H12N2OS/c1-2-3-7-4-5-9(14-7)10-8(11)6-12-13-10/h4-6H,2-3,11H2,1H3. The highest BCUT2D eigenvalue weighted by Gasteiger charge is 2.10. The van der Waals surface area contributed by atoms with Crippen LogP contribution in [0.5, 0.6) is 0 Å². The van der Waals surface area contributed by atoms with Crippen molar-refractivity contribution in [1.29, 1.82) is 0 Å². The number of hydrogen-bond donors (Lipinski definition) is 1. The topological polar surface area (TPSA) is 52.0 Å². The molecule has 0 saturated carbocycles. The molecule has 2 rings (SSSR count). The summed E-state index contributed by atoms with van der Waals surface area (Å²) < 4.78 is 5.08. The van der Waals surface area contributed by atoms with Gasteiger partial charge in [0.25, 0.3) is 0 Å². The molecule has 0 aromatic carbocycles. The molecular weight excluding hydrogens is 196 g/mol. The van der Waals surface area contributed by atoms with Crippen molar-refractivity contribution >= 4 is 17.0 Å². The Balaban J connectivity index is 2.29. The van der Waals surface area contributed by atoms with Crippen LogP contribution in [0.25, 0.3) is 10.6 Å². The minimum Gasteiger partial charge on any atom is -0.394 e. The van der Waals surface area contributed by atoms with E-state index >= 15 is 0 Å². The van der Waals surface area contributed by atoms with Gasteiger partial charge in [0.15, 0.2) is 5.76 Å². The first-order valence-corrected chi connectivity index (χ1v) is 5.42. The van der Waals surface area contributed by atoms with Crippen molar-refractivity contribution in [3.8, 4) is 10.6 Å². The molecule has 74 valence electrons. The van der Waals surface area contributed by atoms with Gasteiger partial charge in [0.05, 0.1) is 11.1 Å². The summed E-state index contributed by atoms with van der Waals surface area (Å²) in [5.74, 6) is 0.692. The van der Waals surface area contributed by atoms with Crippen LogP contribution < -0.4 is 5.73 Å². The molecule has 0 unspecified atom stereocenters. The van der Waals surface area contributed by atoms with Crippen molar-refractivity contribution in [3.05, 3.63) is 23.2 Å². The zero-order valence-corrected chi connectivity index (χ0v) is 8.80. The number of anilines is 1. The van der Waals surface area contributed by atoms with E-state index in [4.69, 9.17) is 10.3 Å². The highest BCUT2D eigenvalue weighted by atomic mass is 32.1. The van der Waals surface area contributed by atoms with Gasteiger partial charge in [-0.1, -0.05) is 18.5 Å². The van der Waals surface area contributed by atoms with E-state index in [9.17, 15) is 0 Å². The van der Waals surface area contributed by atoms with Crippen LogP contribution in [0.15, 0.2) is 22.9 Å². The Morgan fingerprint density at radius 2 is 2.36 bits per heavy atom. The highest BCUT2D eigenvalue weighted by Crippen LogP contribution is 2.32. The SMILES string of the molecule is CCCc1ccc(-c2oncc2N)s1. The van der Waals surface area contributed by atoms with Gasteiger partial charge in [-0.15, -0.1) is 11.3 Å². The predicted molar refractivity (Wildman–Crippen MR) is 58.2 cm³/mol. The Labute approximate surface area is 86.5 Å². The second-order valence-corrected chi connectivity index (χ2v) is 4.29. The smallest absolute Gasteiger partial charge is 0.199 e. The first-order chi connectivity index (χ1) is 6.81. The number of nitrogen functional groups attached to an aromatic ring is 1. The molecule has 14 heavy (non-hydrogen) atoms. The van der Waals surface area contributed by atoms with Crippen molar-refractivity contribution < 1.29 is 4.52 Å². The molecule has 4 heteroatoms. The number of aromatic nitrogens is 1. The third kappa shape index (κ3) is 1.65. The normalized spacial score (nSPS) is 10.6. The molecule has 0 amide bonds. The van der Waals surface area contributed by atoms with Gasteiger partial charge in [0, 0.05) is 4.88 Å². The molecule has 2 heterocycles. The van der Waals surface area contributed by atoms with Crippen LogP contribution in [0.4, 0.5) is 5.69 Å². The largest absolute Gasteiger partial charge is 0.394 e. The van der Waals surface area contributed by atoms with Crippen molar-refractivity contribution in [2.75, 3.05) is 5.73 Å². The fourth-order valence-corrected chi connectivity index (χ4v) is 2.42. The molecule has 0 aliphatic carbocycles. The van der Waals surface area contributed by atoms with E-state index in [1.807, 2.05) is 6.07 Å². The average Bonchev–Trinajstić information content (AvgIpc) is 2.74. The zero-order valence-electron chi connectivity index (χ0n) is 7.99. The summed E-state index contributed by atoms with van der Waals surface area (Å²) in [5.41, 5.74) is 6.31. The molecule has 0 radical (unpaired) electrons. The first kappa shape index (κ1) is 9.27. The molecule has 0 bridgehead atoms. The number of nitrogens with two attached hydrogens (primary N) is 1. The first-order valence-electron chi connectivity index (χ1n) is 4.60. The van der Waals surface area contributed by atoms with E-state index in [0.717, 1.165) is 17.7 Å². The minimum absolute atomic E-state index is 0.606. The number of rotatable bonds is 3. The summed E-state index contributed by atoms with van der Waals surface area (Å²) in [7, 11) is 0. The number of hydrogen-bond acceptors (Lipinski definition) is 4. The van der Waals surface area contributed by atoms with E-state index in [2.05, 4.69) is 18.1 Å². The lowest BCUT2D eigenvalue weighted by Crippen LogP contribution is -1.81. The number of thiophene rings is 1. The Morgan fingerprint density at radius 3 is 3.00 bits per heavy atom. The van der Waals surface area contributed by atoms with E-state index in [0.29, 0.717) is 11.4 Å². The number of aryl methyl sites for hydroxylation is 1. The van der Waals surface area contributed by atoms with E-state index in [-0.39, 0.29) is 0 Å². The predicted octanol–water partition coefficient (Wildman–Crippen LogP) is 2.94. The summed E-state index contributed by atoms with van der Waals surface area (Å²) in [6.45, 7) is 2.17. The summed E-state index contributed by atoms with van der Waals surface area (Å²) in [6.07, 6.45) is 3.80. The van der Waals surface area contributed by atoms with Crippen LogP contribution in [0, 0.1) is 0 Å². The maximum atomic E-state index is 5.71. The monoisotopic (exact) mass is 208 g/mol. The minimum atomic E-state index is 0.606. The molecule has 0 fully saturated rings. The van der Waals surface area contributed by atoms with Gasteiger partial charge in [0.1, 0.15) is 5.69 Å². The lowest BCUT2D eigenvalue weighted by Gasteiger charge is -1.91. The maximum Gasteiger partial charge on any atom is 0.199 e. The van der Waals surface area contributed by atoms with Crippen LogP contribution in [-0.2, 0) is 6.42 Å². The average molecular weight is 208 g/mol. The molecule has 0 spiro atoms. The summed E-state index contributed by atoms with van der Waals surface area (Å²) >= 11 is 1.72. The van der Waals surface area contributed by atoms with Crippen molar-refractivity contribution in [3.63, 3.8) is 0 Å². The fourth-order valence-electron chi connectivity index (χ4n) is 1.32. The van der Waals surface area contributed by atoms with Gasteiger partial charge in [-0.2, -0.15) is 0 Å². The zero-order chi connectivity index (χ0) is 9.97. The third-order valence-corrected chi connectivity index (χ3v) is 3.12. The molecule has 2 aromatic heterocycles. The molecule has 0 atom stereocenters. The second-order valence-electron chi connectivity index (χ2n) is 3.13. The molecule has 2 aromatic rings. The molecule has 0 aliphatic heterocycles. The Bertz CT molecular complexity index is 419. The van der Waals surface area contributed by atoms with Crippen molar-refractivity contribution in [1.82, 2.24) is 5.16 Å². The molecule has 2 N–H and O–H groups in total. The van der Waals surface area contributed by atoms with E-state index in [1.54, 1.807) is 11.3 Å². The fraction of sp³-hybridized carbons (Fsp3) is 0.300. The molecule has 0 aliphatic rings. The van der Waals surface area contributed by atoms with Gasteiger partial charge in [-0.3, -0.25) is 0 Å². The Hall–Kier alpha value is -1.29. The van der Waals surface area contributed by atoms with Gasteiger partial charge in [0.2, 0.25) is 0 Å². The van der Waals surface area contributed by atoms with Crippen LogP contribution in [0.1, 0.15) is 18.2 Å². The third-order valence-electron chi connectivity index (χ3n) is 1.98.